The molecule has 26 heavy (non-hydrogen) atoms. The van der Waals surface area contributed by atoms with Crippen LogP contribution < -0.4 is 10.1 Å². The second-order valence-corrected chi connectivity index (χ2v) is 7.10. The van der Waals surface area contributed by atoms with Gasteiger partial charge >= 0.3 is 0 Å². The van der Waals surface area contributed by atoms with Crippen molar-refractivity contribution in [3.05, 3.63) is 23.8 Å². The number of hydrogen-bond acceptors (Lipinski definition) is 4. The van der Waals surface area contributed by atoms with Crippen molar-refractivity contribution in [2.24, 2.45) is 5.92 Å². The lowest BCUT2D eigenvalue weighted by molar-refractivity contribution is -0.147. The zero-order chi connectivity index (χ0) is 19.0. The van der Waals surface area contributed by atoms with Crippen LogP contribution in [0.5, 0.6) is 5.75 Å². The normalized spacial score (nSPS) is 22.5. The van der Waals surface area contributed by atoms with Gasteiger partial charge in [-0.1, -0.05) is 26.7 Å². The second kappa shape index (κ2) is 9.59. The molecular weight excluding hydrogens is 328 g/mol. The molecule has 0 spiro atoms. The van der Waals surface area contributed by atoms with Gasteiger partial charge in [0.05, 0.1) is 17.9 Å². The predicted molar refractivity (Wildman–Crippen MR) is 102 cm³/mol. The molecule has 0 saturated heterocycles. The number of anilines is 1. The first-order valence-electron chi connectivity index (χ1n) is 9.67. The highest BCUT2D eigenvalue weighted by Gasteiger charge is 2.42. The van der Waals surface area contributed by atoms with E-state index in [2.05, 4.69) is 25.2 Å². The van der Waals surface area contributed by atoms with Crippen LogP contribution in [0.3, 0.4) is 0 Å². The van der Waals surface area contributed by atoms with E-state index in [1.54, 1.807) is 18.2 Å². The number of nitrogens with one attached hydrogen (secondary N) is 1. The van der Waals surface area contributed by atoms with Crippen molar-refractivity contribution in [3.63, 3.8) is 0 Å². The average Bonchev–Trinajstić information content (AvgIpc) is 2.63. The van der Waals surface area contributed by atoms with Gasteiger partial charge in [0.2, 0.25) is 0 Å². The summed E-state index contributed by atoms with van der Waals surface area (Å²) in [6.45, 7) is 7.29. The van der Waals surface area contributed by atoms with Crippen LogP contribution in [0.2, 0.25) is 0 Å². The summed E-state index contributed by atoms with van der Waals surface area (Å²) in [5, 5.41) is 12.4. The molecular formula is C21H30N2O3. The Labute approximate surface area is 156 Å². The van der Waals surface area contributed by atoms with Crippen LogP contribution in [0.15, 0.2) is 18.2 Å². The smallest absolute Gasteiger partial charge is 0.256 e. The highest BCUT2D eigenvalue weighted by atomic mass is 16.5. The van der Waals surface area contributed by atoms with Gasteiger partial charge < -0.3 is 14.8 Å². The lowest BCUT2D eigenvalue weighted by atomic mass is 9.78. The molecule has 2 atom stereocenters. The van der Waals surface area contributed by atoms with E-state index in [0.29, 0.717) is 42.6 Å². The van der Waals surface area contributed by atoms with E-state index in [1.807, 2.05) is 6.92 Å². The van der Waals surface area contributed by atoms with Gasteiger partial charge in [-0.2, -0.15) is 5.26 Å². The largest absolute Gasteiger partial charge is 0.494 e. The molecule has 1 aliphatic carbocycles. The van der Waals surface area contributed by atoms with Gasteiger partial charge in [0, 0.05) is 6.61 Å². The Kier molecular flexibility index (Phi) is 7.47. The van der Waals surface area contributed by atoms with Gasteiger partial charge in [-0.25, -0.2) is 0 Å². The highest BCUT2D eigenvalue weighted by molar-refractivity contribution is 5.98. The van der Waals surface area contributed by atoms with E-state index < -0.39 is 5.60 Å². The topological polar surface area (TPSA) is 71.3 Å². The third-order valence-corrected chi connectivity index (χ3v) is 4.92. The van der Waals surface area contributed by atoms with Crippen LogP contribution in [0.4, 0.5) is 5.69 Å². The maximum Gasteiger partial charge on any atom is 0.256 e. The molecule has 1 aliphatic rings. The summed E-state index contributed by atoms with van der Waals surface area (Å²) in [6, 6.07) is 7.37. The first kappa shape index (κ1) is 20.3. The molecule has 1 N–H and O–H groups in total. The Balaban J connectivity index is 2.15. The first-order valence-corrected chi connectivity index (χ1v) is 9.67. The van der Waals surface area contributed by atoms with Crippen LogP contribution in [-0.2, 0) is 9.53 Å². The number of unbranched alkanes of at least 4 members (excludes halogenated alkanes) is 1. The molecule has 0 aliphatic heterocycles. The Bertz CT molecular complexity index is 649. The summed E-state index contributed by atoms with van der Waals surface area (Å²) in [7, 11) is 0. The molecule has 0 unspecified atom stereocenters. The Morgan fingerprint density at radius 2 is 2.23 bits per heavy atom. The van der Waals surface area contributed by atoms with Crippen molar-refractivity contribution >= 4 is 11.6 Å². The van der Waals surface area contributed by atoms with Crippen molar-refractivity contribution < 1.29 is 14.3 Å². The number of carbonyl (C=O) groups is 1. The fraction of sp³-hybridized carbons (Fsp3) is 0.619. The maximum absolute atomic E-state index is 13.0. The number of benzene rings is 1. The molecule has 0 bridgehead atoms. The lowest BCUT2D eigenvalue weighted by Crippen LogP contribution is -2.48. The van der Waals surface area contributed by atoms with Crippen LogP contribution in [0.1, 0.15) is 64.9 Å². The molecule has 5 nitrogen and oxygen atoms in total. The Morgan fingerprint density at radius 3 is 2.88 bits per heavy atom. The molecule has 1 aromatic rings. The molecule has 1 saturated carbocycles. The average molecular weight is 358 g/mol. The molecule has 0 heterocycles. The van der Waals surface area contributed by atoms with E-state index in [4.69, 9.17) is 9.47 Å². The summed E-state index contributed by atoms with van der Waals surface area (Å²) in [4.78, 5) is 13.0. The molecule has 0 radical (unpaired) electrons. The number of nitriles is 1. The lowest BCUT2D eigenvalue weighted by Gasteiger charge is -2.38. The van der Waals surface area contributed by atoms with Crippen molar-refractivity contribution in [2.75, 3.05) is 18.5 Å². The minimum Gasteiger partial charge on any atom is -0.494 e. The van der Waals surface area contributed by atoms with Crippen LogP contribution in [0.25, 0.3) is 0 Å². The molecule has 1 amide bonds. The number of rotatable bonds is 8. The zero-order valence-electron chi connectivity index (χ0n) is 16.1. The predicted octanol–water partition coefficient (Wildman–Crippen LogP) is 4.66. The number of ether oxygens (including phenoxy) is 2. The van der Waals surface area contributed by atoms with Gasteiger partial charge in [-0.05, 0) is 56.7 Å². The monoisotopic (exact) mass is 358 g/mol. The minimum absolute atomic E-state index is 0.151. The molecule has 5 heteroatoms. The zero-order valence-corrected chi connectivity index (χ0v) is 16.1. The number of nitrogens with zero attached hydrogens (tertiary/aromatic N) is 1. The van der Waals surface area contributed by atoms with Crippen molar-refractivity contribution in [1.29, 1.82) is 5.26 Å². The highest BCUT2D eigenvalue weighted by Crippen LogP contribution is 2.36. The van der Waals surface area contributed by atoms with E-state index in [0.717, 1.165) is 32.1 Å². The summed E-state index contributed by atoms with van der Waals surface area (Å²) < 4.78 is 11.6. The third kappa shape index (κ3) is 4.98. The van der Waals surface area contributed by atoms with Crippen molar-refractivity contribution in [1.82, 2.24) is 0 Å². The Hall–Kier alpha value is -2.06. The van der Waals surface area contributed by atoms with Gasteiger partial charge in [0.15, 0.2) is 0 Å². The molecule has 0 aromatic heterocycles. The molecule has 142 valence electrons. The number of hydrogen-bond donors (Lipinski definition) is 1. The van der Waals surface area contributed by atoms with Crippen LogP contribution >= 0.6 is 0 Å². The number of carbonyl (C=O) groups excluding carboxylic acids is 1. The second-order valence-electron chi connectivity index (χ2n) is 7.10. The van der Waals surface area contributed by atoms with Crippen LogP contribution in [-0.4, -0.2) is 24.7 Å². The molecule has 2 rings (SSSR count). The molecule has 1 aromatic carbocycles. The van der Waals surface area contributed by atoms with Gasteiger partial charge in [-0.15, -0.1) is 0 Å². The maximum atomic E-state index is 13.0. The standard InChI is InChI=1S/C21H30N2O3/c1-4-6-12-25-18-9-10-19(17(13-18)15-22)23-20(24)21(26-5-2)11-7-8-16(3)14-21/h9-10,13,16H,4-8,11-12,14H2,1-3H3,(H,23,24)/t16-,21+/m1/s1. The van der Waals surface area contributed by atoms with E-state index in [1.165, 1.54) is 0 Å². The fourth-order valence-electron chi connectivity index (χ4n) is 3.57. The number of amides is 1. The van der Waals surface area contributed by atoms with Gasteiger partial charge in [0.25, 0.3) is 5.91 Å². The SMILES string of the molecule is CCCCOc1ccc(NC(=O)[C@]2(OCC)CCC[C@@H](C)C2)c(C#N)c1. The van der Waals surface area contributed by atoms with Crippen molar-refractivity contribution in [3.8, 4) is 11.8 Å². The third-order valence-electron chi connectivity index (χ3n) is 4.92. The van der Waals surface area contributed by atoms with Crippen LogP contribution in [0, 0.1) is 17.2 Å². The minimum atomic E-state index is -0.796. The Morgan fingerprint density at radius 1 is 1.42 bits per heavy atom. The quantitative estimate of drug-likeness (QED) is 0.686. The first-order chi connectivity index (χ1) is 12.5. The van der Waals surface area contributed by atoms with E-state index >= 15 is 0 Å². The van der Waals surface area contributed by atoms with Crippen molar-refractivity contribution in [2.45, 2.75) is 64.9 Å². The van der Waals surface area contributed by atoms with E-state index in [-0.39, 0.29) is 5.91 Å². The van der Waals surface area contributed by atoms with Gasteiger partial charge in [-0.3, -0.25) is 4.79 Å². The summed E-state index contributed by atoms with van der Waals surface area (Å²) in [6.07, 6.45) is 5.55. The summed E-state index contributed by atoms with van der Waals surface area (Å²) in [5.74, 6) is 0.951. The van der Waals surface area contributed by atoms with Gasteiger partial charge in [0.1, 0.15) is 17.4 Å². The summed E-state index contributed by atoms with van der Waals surface area (Å²) in [5.41, 5.74) is 0.121. The summed E-state index contributed by atoms with van der Waals surface area (Å²) >= 11 is 0. The van der Waals surface area contributed by atoms with E-state index in [9.17, 15) is 10.1 Å². The fourth-order valence-corrected chi connectivity index (χ4v) is 3.57. The molecule has 1 fully saturated rings.